The molecule has 1 aromatic rings. The number of halogens is 1. The van der Waals surface area contributed by atoms with E-state index in [1.54, 1.807) is 36.4 Å². The molecule has 3 nitrogen and oxygen atoms in total. The minimum absolute atomic E-state index is 0.185. The quantitative estimate of drug-likeness (QED) is 0.544. The molecular weight excluding hydrogens is 283 g/mol. The number of benzene rings is 1. The van der Waals surface area contributed by atoms with E-state index >= 15 is 0 Å². The van der Waals surface area contributed by atoms with Gasteiger partial charge in [0.05, 0.1) is 12.7 Å². The van der Waals surface area contributed by atoms with Crippen molar-refractivity contribution in [3.63, 3.8) is 0 Å². The van der Waals surface area contributed by atoms with Gasteiger partial charge in [-0.15, -0.1) is 0 Å². The predicted molar refractivity (Wildman–Crippen MR) is 85.8 cm³/mol. The highest BCUT2D eigenvalue weighted by Crippen LogP contribution is 2.15. The van der Waals surface area contributed by atoms with Crippen LogP contribution in [0.15, 0.2) is 60.7 Å². The van der Waals surface area contributed by atoms with E-state index in [1.807, 2.05) is 13.0 Å². The van der Waals surface area contributed by atoms with Gasteiger partial charge in [-0.2, -0.15) is 0 Å². The second-order valence-corrected chi connectivity index (χ2v) is 4.80. The Balaban J connectivity index is 2.75. The van der Waals surface area contributed by atoms with E-state index in [2.05, 4.69) is 6.58 Å². The summed E-state index contributed by atoms with van der Waals surface area (Å²) in [6, 6.07) is 6.31. The van der Waals surface area contributed by atoms with Crippen LogP contribution in [0.3, 0.4) is 0 Å². The first kappa shape index (κ1) is 18.3. The van der Waals surface area contributed by atoms with Gasteiger partial charge in [0.25, 0.3) is 0 Å². The van der Waals surface area contributed by atoms with Crippen molar-refractivity contribution in [2.75, 3.05) is 6.61 Å². The summed E-state index contributed by atoms with van der Waals surface area (Å²) in [6.07, 6.45) is 5.85. The van der Waals surface area contributed by atoms with Crippen molar-refractivity contribution >= 4 is 0 Å². The topological polar surface area (TPSA) is 49.7 Å². The Bertz CT molecular complexity index is 523. The third-order valence-corrected chi connectivity index (χ3v) is 3.08. The van der Waals surface area contributed by atoms with Crippen molar-refractivity contribution in [2.45, 2.75) is 32.2 Å². The van der Waals surface area contributed by atoms with E-state index in [9.17, 15) is 14.6 Å². The van der Waals surface area contributed by atoms with E-state index in [0.29, 0.717) is 11.1 Å². The zero-order chi connectivity index (χ0) is 16.4. The van der Waals surface area contributed by atoms with Gasteiger partial charge in [-0.25, -0.2) is 4.39 Å². The summed E-state index contributed by atoms with van der Waals surface area (Å²) in [5.74, 6) is -0.352. The smallest absolute Gasteiger partial charge is 0.181 e. The molecule has 0 bridgehead atoms. The Hall–Kier alpha value is -1.75. The van der Waals surface area contributed by atoms with Gasteiger partial charge >= 0.3 is 0 Å². The van der Waals surface area contributed by atoms with Crippen molar-refractivity contribution in [3.8, 4) is 0 Å². The van der Waals surface area contributed by atoms with Crippen LogP contribution in [0.25, 0.3) is 0 Å². The van der Waals surface area contributed by atoms with Crippen LogP contribution < -0.4 is 0 Å². The van der Waals surface area contributed by atoms with Crippen LogP contribution in [0.4, 0.5) is 4.39 Å². The normalized spacial score (nSPS) is 15.0. The predicted octanol–water partition coefficient (Wildman–Crippen LogP) is 3.14. The van der Waals surface area contributed by atoms with Gasteiger partial charge in [-0.3, -0.25) is 0 Å². The molecule has 4 heteroatoms. The van der Waals surface area contributed by atoms with Crippen LogP contribution in [0.2, 0.25) is 0 Å². The fourth-order valence-corrected chi connectivity index (χ4v) is 1.99. The second kappa shape index (κ2) is 10.1. The summed E-state index contributed by atoms with van der Waals surface area (Å²) in [6.45, 7) is 5.21. The summed E-state index contributed by atoms with van der Waals surface area (Å²) in [5.41, 5.74) is 1.02. The lowest BCUT2D eigenvalue weighted by atomic mass is 10.1. The molecule has 0 heterocycles. The van der Waals surface area contributed by atoms with Crippen LogP contribution in [-0.2, 0) is 11.2 Å². The summed E-state index contributed by atoms with van der Waals surface area (Å²) in [5, 5.41) is 19.5. The standard InChI is InChI=1S/C18H23FO3/c1-3-5-9-14(8-4-2)18(21)22-16(13-20)12-15-10-6-7-11-17(15)19/h3,5-11,16,18,20-21H,1,4,12-13H2,2H3/b9-5-,14-8+. The minimum atomic E-state index is -1.18. The van der Waals surface area contributed by atoms with Crippen LogP contribution in [0.5, 0.6) is 0 Å². The lowest BCUT2D eigenvalue weighted by molar-refractivity contribution is -0.122. The van der Waals surface area contributed by atoms with Crippen LogP contribution in [-0.4, -0.2) is 29.2 Å². The van der Waals surface area contributed by atoms with Crippen LogP contribution in [0, 0.1) is 5.82 Å². The summed E-state index contributed by atoms with van der Waals surface area (Å²) < 4.78 is 19.1. The molecule has 0 radical (unpaired) electrons. The first-order valence-electron chi connectivity index (χ1n) is 7.29. The highest BCUT2D eigenvalue weighted by molar-refractivity contribution is 5.24. The molecule has 0 saturated carbocycles. The van der Waals surface area contributed by atoms with Crippen molar-refractivity contribution in [3.05, 3.63) is 72.1 Å². The molecule has 1 aromatic carbocycles. The lowest BCUT2D eigenvalue weighted by Crippen LogP contribution is -2.28. The molecule has 0 fully saturated rings. The lowest BCUT2D eigenvalue weighted by Gasteiger charge is -2.21. The van der Waals surface area contributed by atoms with Gasteiger partial charge in [-0.05, 0) is 18.1 Å². The average molecular weight is 306 g/mol. The molecule has 2 atom stereocenters. The van der Waals surface area contributed by atoms with E-state index in [4.69, 9.17) is 4.74 Å². The van der Waals surface area contributed by atoms with Gasteiger partial charge in [0.15, 0.2) is 6.29 Å². The maximum absolute atomic E-state index is 13.6. The Morgan fingerprint density at radius 3 is 2.73 bits per heavy atom. The summed E-state index contributed by atoms with van der Waals surface area (Å²) in [7, 11) is 0. The number of allylic oxidation sites excluding steroid dienone is 3. The van der Waals surface area contributed by atoms with Crippen molar-refractivity contribution in [2.24, 2.45) is 0 Å². The molecule has 0 aliphatic carbocycles. The molecule has 0 saturated heterocycles. The Morgan fingerprint density at radius 1 is 1.41 bits per heavy atom. The second-order valence-electron chi connectivity index (χ2n) is 4.80. The summed E-state index contributed by atoms with van der Waals surface area (Å²) in [4.78, 5) is 0. The molecule has 2 unspecified atom stereocenters. The third-order valence-electron chi connectivity index (χ3n) is 3.08. The number of aliphatic hydroxyl groups is 2. The zero-order valence-electron chi connectivity index (χ0n) is 12.8. The van der Waals surface area contributed by atoms with E-state index in [0.717, 1.165) is 6.42 Å². The number of aliphatic hydroxyl groups excluding tert-OH is 2. The average Bonchev–Trinajstić information content (AvgIpc) is 2.52. The number of rotatable bonds is 9. The SMILES string of the molecule is C=C/C=C\C(=C/CC)C(O)OC(CO)Cc1ccccc1F. The molecule has 0 aliphatic heterocycles. The molecule has 0 aliphatic rings. The molecule has 1 rings (SSSR count). The maximum Gasteiger partial charge on any atom is 0.181 e. The molecular formula is C18H23FO3. The highest BCUT2D eigenvalue weighted by Gasteiger charge is 2.18. The molecule has 22 heavy (non-hydrogen) atoms. The number of hydrogen-bond donors (Lipinski definition) is 2. The van der Waals surface area contributed by atoms with Crippen molar-refractivity contribution < 1.29 is 19.3 Å². The van der Waals surface area contributed by atoms with Crippen LogP contribution >= 0.6 is 0 Å². The van der Waals surface area contributed by atoms with Gasteiger partial charge in [0, 0.05) is 12.0 Å². The highest BCUT2D eigenvalue weighted by atomic mass is 19.1. The fraction of sp³-hybridized carbons (Fsp3) is 0.333. The van der Waals surface area contributed by atoms with Crippen molar-refractivity contribution in [1.29, 1.82) is 0 Å². The van der Waals surface area contributed by atoms with Gasteiger partial charge in [0.1, 0.15) is 5.82 Å². The molecule has 120 valence electrons. The number of ether oxygens (including phenoxy) is 1. The van der Waals surface area contributed by atoms with Gasteiger partial charge in [0.2, 0.25) is 0 Å². The first-order valence-corrected chi connectivity index (χ1v) is 7.29. The summed E-state index contributed by atoms with van der Waals surface area (Å²) >= 11 is 0. The third kappa shape index (κ3) is 5.93. The Kier molecular flexibility index (Phi) is 8.36. The minimum Gasteiger partial charge on any atom is -0.394 e. The zero-order valence-corrected chi connectivity index (χ0v) is 12.8. The van der Waals surface area contributed by atoms with Crippen LogP contribution in [0.1, 0.15) is 18.9 Å². The van der Waals surface area contributed by atoms with E-state index in [1.165, 1.54) is 6.07 Å². The van der Waals surface area contributed by atoms with Crippen molar-refractivity contribution in [1.82, 2.24) is 0 Å². The number of hydrogen-bond acceptors (Lipinski definition) is 3. The largest absolute Gasteiger partial charge is 0.394 e. The Morgan fingerprint density at radius 2 is 2.14 bits per heavy atom. The molecule has 0 amide bonds. The molecule has 0 spiro atoms. The first-order chi connectivity index (χ1) is 10.6. The maximum atomic E-state index is 13.6. The Labute approximate surface area is 131 Å². The fourth-order valence-electron chi connectivity index (χ4n) is 1.99. The monoisotopic (exact) mass is 306 g/mol. The van der Waals surface area contributed by atoms with E-state index < -0.39 is 12.4 Å². The molecule has 2 N–H and O–H groups in total. The molecule has 0 aromatic heterocycles. The van der Waals surface area contributed by atoms with Gasteiger partial charge in [-0.1, -0.05) is 56.0 Å². The van der Waals surface area contributed by atoms with E-state index in [-0.39, 0.29) is 18.8 Å². The van der Waals surface area contributed by atoms with Gasteiger partial charge < -0.3 is 14.9 Å².